The fourth-order valence-electron chi connectivity index (χ4n) is 3.63. The molecule has 0 radical (unpaired) electrons. The van der Waals surface area contributed by atoms with E-state index in [9.17, 15) is 9.59 Å². The van der Waals surface area contributed by atoms with Gasteiger partial charge in [-0.2, -0.15) is 0 Å². The Morgan fingerprint density at radius 3 is 2.94 bits per heavy atom. The number of hydrogen-bond donors (Lipinski definition) is 2. The molecule has 11 heteroatoms. The van der Waals surface area contributed by atoms with Gasteiger partial charge in [-0.3, -0.25) is 14.9 Å². The molecule has 2 aromatic heterocycles. The molecule has 0 saturated heterocycles. The average molecular weight is 441 g/mol. The number of benzene rings is 1. The molecule has 1 atom stereocenters. The first-order chi connectivity index (χ1) is 15.1. The molecule has 0 saturated carbocycles. The molecule has 2 aliphatic rings. The van der Waals surface area contributed by atoms with Crippen LogP contribution in [0.25, 0.3) is 0 Å². The number of hydrogen-bond acceptors (Lipinski definition) is 9. The van der Waals surface area contributed by atoms with E-state index in [1.54, 1.807) is 25.1 Å². The third-order valence-electron chi connectivity index (χ3n) is 5.11. The molecule has 3 heterocycles. The van der Waals surface area contributed by atoms with Crippen molar-refractivity contribution in [2.24, 2.45) is 0 Å². The maximum Gasteiger partial charge on any atom is 0.257 e. The molecule has 1 unspecified atom stereocenters. The topological polar surface area (TPSA) is 128 Å². The van der Waals surface area contributed by atoms with Crippen molar-refractivity contribution in [3.05, 3.63) is 46.1 Å². The first-order valence-corrected chi connectivity index (χ1v) is 10.7. The number of aryl methyl sites for hydroxylation is 2. The Balaban J connectivity index is 1.28. The number of thiazole rings is 1. The summed E-state index contributed by atoms with van der Waals surface area (Å²) in [7, 11) is 0. The summed E-state index contributed by atoms with van der Waals surface area (Å²) < 4.78 is 15.9. The highest BCUT2D eigenvalue weighted by molar-refractivity contribution is 7.16. The summed E-state index contributed by atoms with van der Waals surface area (Å²) in [4.78, 5) is 31.0. The number of carbonyl (C=O) groups is 2. The van der Waals surface area contributed by atoms with Gasteiger partial charge in [0.05, 0.1) is 18.2 Å². The van der Waals surface area contributed by atoms with Gasteiger partial charge in [0, 0.05) is 17.4 Å². The van der Waals surface area contributed by atoms with Crippen LogP contribution < -0.4 is 20.1 Å². The standard InChI is InChI=1S/C20H19N5O5S/c1-10-24-25-16(30-10)8-21-19(27)12-3-2-4-15-17(12)22-20(31-15)23-18(26)11-5-6-13-14(7-11)29-9-28-13/h5-7,12H,2-4,8-9H2,1H3,(H,21,27)(H,22,23,26). The lowest BCUT2D eigenvalue weighted by atomic mass is 9.90. The minimum atomic E-state index is -0.375. The number of fused-ring (bicyclic) bond motifs is 2. The van der Waals surface area contributed by atoms with Crippen molar-refractivity contribution in [1.82, 2.24) is 20.5 Å². The fourth-order valence-corrected chi connectivity index (χ4v) is 4.69. The number of nitrogens with zero attached hydrogens (tertiary/aromatic N) is 3. The van der Waals surface area contributed by atoms with E-state index in [1.807, 2.05) is 0 Å². The Bertz CT molecular complexity index is 1160. The molecule has 2 N–H and O–H groups in total. The van der Waals surface area contributed by atoms with Crippen molar-refractivity contribution >= 4 is 28.3 Å². The third kappa shape index (κ3) is 3.96. The number of carbonyl (C=O) groups excluding carboxylic acids is 2. The van der Waals surface area contributed by atoms with E-state index in [0.29, 0.717) is 40.4 Å². The second-order valence-corrected chi connectivity index (χ2v) is 8.31. The molecule has 0 fully saturated rings. The van der Waals surface area contributed by atoms with E-state index in [1.165, 1.54) is 11.3 Å². The van der Waals surface area contributed by atoms with Crippen molar-refractivity contribution in [3.8, 4) is 11.5 Å². The zero-order chi connectivity index (χ0) is 21.4. The molecule has 1 aromatic carbocycles. The molecule has 3 aromatic rings. The second-order valence-electron chi connectivity index (χ2n) is 7.23. The molecule has 1 aliphatic carbocycles. The van der Waals surface area contributed by atoms with Gasteiger partial charge in [-0.05, 0) is 37.5 Å². The Morgan fingerprint density at radius 2 is 2.10 bits per heavy atom. The highest BCUT2D eigenvalue weighted by Crippen LogP contribution is 2.37. The van der Waals surface area contributed by atoms with Crippen LogP contribution in [0, 0.1) is 6.92 Å². The number of aromatic nitrogens is 3. The van der Waals surface area contributed by atoms with Crippen LogP contribution in [0.1, 0.15) is 51.5 Å². The van der Waals surface area contributed by atoms with E-state index >= 15 is 0 Å². The van der Waals surface area contributed by atoms with Gasteiger partial charge in [0.1, 0.15) is 0 Å². The molecule has 1 aliphatic heterocycles. The zero-order valence-corrected chi connectivity index (χ0v) is 17.5. The minimum absolute atomic E-state index is 0.143. The SMILES string of the molecule is Cc1nnc(CNC(=O)C2CCCc3sc(NC(=O)c4ccc5c(c4)OCO5)nc32)o1. The van der Waals surface area contributed by atoms with E-state index in [-0.39, 0.29) is 31.1 Å². The van der Waals surface area contributed by atoms with Crippen LogP contribution >= 0.6 is 11.3 Å². The van der Waals surface area contributed by atoms with Crippen LogP contribution in [0.5, 0.6) is 11.5 Å². The Morgan fingerprint density at radius 1 is 1.23 bits per heavy atom. The summed E-state index contributed by atoms with van der Waals surface area (Å²) in [6, 6.07) is 5.02. The van der Waals surface area contributed by atoms with Crippen molar-refractivity contribution < 1.29 is 23.5 Å². The van der Waals surface area contributed by atoms with Crippen LogP contribution in [0.3, 0.4) is 0 Å². The van der Waals surface area contributed by atoms with Crippen LogP contribution in [0.2, 0.25) is 0 Å². The molecular weight excluding hydrogens is 422 g/mol. The first-order valence-electron chi connectivity index (χ1n) is 9.84. The lowest BCUT2D eigenvalue weighted by molar-refractivity contribution is -0.123. The highest BCUT2D eigenvalue weighted by atomic mass is 32.1. The molecule has 0 bridgehead atoms. The summed E-state index contributed by atoms with van der Waals surface area (Å²) in [5, 5.41) is 13.8. The van der Waals surface area contributed by atoms with Gasteiger partial charge in [-0.25, -0.2) is 4.98 Å². The summed E-state index contributed by atoms with van der Waals surface area (Å²) in [5.74, 6) is 1.15. The maximum absolute atomic E-state index is 12.8. The Labute approximate surface area is 181 Å². The van der Waals surface area contributed by atoms with Gasteiger partial charge in [0.15, 0.2) is 16.6 Å². The molecule has 5 rings (SSSR count). The van der Waals surface area contributed by atoms with Gasteiger partial charge < -0.3 is 19.2 Å². The van der Waals surface area contributed by atoms with Crippen LogP contribution in [-0.4, -0.2) is 33.8 Å². The maximum atomic E-state index is 12.8. The number of amides is 2. The largest absolute Gasteiger partial charge is 0.454 e. The van der Waals surface area contributed by atoms with Crippen molar-refractivity contribution in [2.75, 3.05) is 12.1 Å². The number of rotatable bonds is 5. The Kier molecular flexibility index (Phi) is 5.02. The first kappa shape index (κ1) is 19.5. The van der Waals surface area contributed by atoms with Crippen molar-refractivity contribution in [2.45, 2.75) is 38.6 Å². The summed E-state index contributed by atoms with van der Waals surface area (Å²) in [5.41, 5.74) is 1.16. The monoisotopic (exact) mass is 441 g/mol. The predicted octanol–water partition coefficient (Wildman–Crippen LogP) is 2.55. The smallest absolute Gasteiger partial charge is 0.257 e. The molecular formula is C20H19N5O5S. The predicted molar refractivity (Wildman–Crippen MR) is 109 cm³/mol. The van der Waals surface area contributed by atoms with Crippen molar-refractivity contribution in [3.63, 3.8) is 0 Å². The summed E-state index contributed by atoms with van der Waals surface area (Å²) in [6.45, 7) is 2.01. The molecule has 10 nitrogen and oxygen atoms in total. The van der Waals surface area contributed by atoms with E-state index < -0.39 is 0 Å². The van der Waals surface area contributed by atoms with E-state index in [4.69, 9.17) is 13.9 Å². The summed E-state index contributed by atoms with van der Waals surface area (Å²) >= 11 is 1.40. The zero-order valence-electron chi connectivity index (χ0n) is 16.6. The summed E-state index contributed by atoms with van der Waals surface area (Å²) in [6.07, 6.45) is 2.41. The van der Waals surface area contributed by atoms with Gasteiger partial charge in [0.2, 0.25) is 24.5 Å². The van der Waals surface area contributed by atoms with Gasteiger partial charge in [-0.15, -0.1) is 21.5 Å². The van der Waals surface area contributed by atoms with Crippen LogP contribution in [-0.2, 0) is 17.8 Å². The number of nitrogens with one attached hydrogen (secondary N) is 2. The van der Waals surface area contributed by atoms with Gasteiger partial charge in [-0.1, -0.05) is 0 Å². The Hall–Kier alpha value is -3.47. The third-order valence-corrected chi connectivity index (χ3v) is 6.15. The normalized spacial score (nSPS) is 16.6. The lowest BCUT2D eigenvalue weighted by Gasteiger charge is -2.19. The number of anilines is 1. The van der Waals surface area contributed by atoms with Crippen molar-refractivity contribution in [1.29, 1.82) is 0 Å². The molecule has 31 heavy (non-hydrogen) atoms. The average Bonchev–Trinajstić information content (AvgIpc) is 3.49. The fraction of sp³-hybridized carbons (Fsp3) is 0.350. The second kappa shape index (κ2) is 7.99. The van der Waals surface area contributed by atoms with E-state index in [2.05, 4.69) is 25.8 Å². The highest BCUT2D eigenvalue weighted by Gasteiger charge is 2.31. The molecule has 2 amide bonds. The quantitative estimate of drug-likeness (QED) is 0.618. The molecule has 0 spiro atoms. The van der Waals surface area contributed by atoms with Gasteiger partial charge >= 0.3 is 0 Å². The number of ether oxygens (including phenoxy) is 2. The van der Waals surface area contributed by atoms with Crippen LogP contribution in [0.15, 0.2) is 22.6 Å². The minimum Gasteiger partial charge on any atom is -0.454 e. The molecule has 160 valence electrons. The van der Waals surface area contributed by atoms with E-state index in [0.717, 1.165) is 23.4 Å². The lowest BCUT2D eigenvalue weighted by Crippen LogP contribution is -2.31. The van der Waals surface area contributed by atoms with Gasteiger partial charge in [0.25, 0.3) is 5.91 Å². The van der Waals surface area contributed by atoms with Crippen LogP contribution in [0.4, 0.5) is 5.13 Å².